The molecule has 2 N–H and O–H groups in total. The summed E-state index contributed by atoms with van der Waals surface area (Å²) in [4.78, 5) is 12.4. The second-order valence-electron chi connectivity index (χ2n) is 6.08. The van der Waals surface area contributed by atoms with Crippen LogP contribution in [0.5, 0.6) is 0 Å². The Kier molecular flexibility index (Phi) is 5.53. The maximum Gasteiger partial charge on any atom is 0.241 e. The highest BCUT2D eigenvalue weighted by Gasteiger charge is 2.38. The first-order valence-electron chi connectivity index (χ1n) is 7.46. The van der Waals surface area contributed by atoms with Crippen LogP contribution in [0.1, 0.15) is 37.7 Å². The molecule has 2 aliphatic rings. The summed E-state index contributed by atoms with van der Waals surface area (Å²) in [5.74, 6) is 0.722. The van der Waals surface area contributed by atoms with Gasteiger partial charge in [0.15, 0.2) is 0 Å². The van der Waals surface area contributed by atoms with Crippen molar-refractivity contribution in [3.8, 4) is 0 Å². The van der Waals surface area contributed by atoms with Crippen LogP contribution in [0.3, 0.4) is 0 Å². The number of hydrogen-bond acceptors (Lipinski definition) is 2. The van der Waals surface area contributed by atoms with E-state index >= 15 is 0 Å². The molecule has 2 fully saturated rings. The Bertz CT molecular complexity index is 507. The Hall–Kier alpha value is -0.770. The van der Waals surface area contributed by atoms with E-state index in [0.29, 0.717) is 22.7 Å². The zero-order valence-electron chi connectivity index (χ0n) is 12.2. The molecule has 1 aromatic rings. The van der Waals surface area contributed by atoms with Gasteiger partial charge in [0.05, 0.1) is 16.8 Å². The van der Waals surface area contributed by atoms with Crippen LogP contribution in [0.25, 0.3) is 0 Å². The first-order valence-corrected chi connectivity index (χ1v) is 7.84. The van der Waals surface area contributed by atoms with Crippen LogP contribution in [0.2, 0.25) is 5.02 Å². The summed E-state index contributed by atoms with van der Waals surface area (Å²) in [7, 11) is 0. The maximum atomic E-state index is 12.4. The molecule has 0 bridgehead atoms. The molecule has 3 rings (SSSR count). The van der Waals surface area contributed by atoms with Crippen LogP contribution < -0.4 is 10.6 Å². The minimum Gasteiger partial charge on any atom is -0.323 e. The fourth-order valence-corrected chi connectivity index (χ4v) is 3.64. The van der Waals surface area contributed by atoms with Crippen molar-refractivity contribution in [1.82, 2.24) is 5.32 Å². The molecule has 116 valence electrons. The lowest BCUT2D eigenvalue weighted by molar-refractivity contribution is -0.117. The van der Waals surface area contributed by atoms with Crippen molar-refractivity contribution in [2.24, 2.45) is 5.92 Å². The normalized spacial score (nSPS) is 27.6. The van der Waals surface area contributed by atoms with Gasteiger partial charge < -0.3 is 10.6 Å². The van der Waals surface area contributed by atoms with Crippen molar-refractivity contribution < 1.29 is 4.79 Å². The van der Waals surface area contributed by atoms with Crippen molar-refractivity contribution in [2.45, 2.75) is 51.1 Å². The third kappa shape index (κ3) is 3.71. The van der Waals surface area contributed by atoms with Gasteiger partial charge in [-0.05, 0) is 49.8 Å². The van der Waals surface area contributed by atoms with Gasteiger partial charge in [0, 0.05) is 6.04 Å². The number of rotatable bonds is 2. The Morgan fingerprint density at radius 2 is 2.10 bits per heavy atom. The van der Waals surface area contributed by atoms with Gasteiger partial charge in [-0.1, -0.05) is 30.5 Å². The number of hydrogen-bond donors (Lipinski definition) is 2. The minimum atomic E-state index is -0.0697. The van der Waals surface area contributed by atoms with E-state index in [0.717, 1.165) is 12.0 Å². The molecular formula is C16H22Cl2N2O. The summed E-state index contributed by atoms with van der Waals surface area (Å²) in [6.45, 7) is 1.99. The summed E-state index contributed by atoms with van der Waals surface area (Å²) >= 11 is 6.13. The zero-order valence-corrected chi connectivity index (χ0v) is 13.8. The number of amides is 1. The predicted molar refractivity (Wildman–Crippen MR) is 89.4 cm³/mol. The second-order valence-corrected chi connectivity index (χ2v) is 6.49. The van der Waals surface area contributed by atoms with Crippen LogP contribution in [0, 0.1) is 12.8 Å². The molecule has 0 radical (unpaired) electrons. The maximum absolute atomic E-state index is 12.4. The van der Waals surface area contributed by atoms with Gasteiger partial charge in [-0.25, -0.2) is 0 Å². The van der Waals surface area contributed by atoms with Gasteiger partial charge in [0.1, 0.15) is 0 Å². The molecule has 1 amide bonds. The molecule has 1 aliphatic carbocycles. The molecule has 1 heterocycles. The van der Waals surface area contributed by atoms with Crippen molar-refractivity contribution in [1.29, 1.82) is 0 Å². The van der Waals surface area contributed by atoms with Crippen LogP contribution in [-0.4, -0.2) is 18.0 Å². The molecule has 0 spiro atoms. The molecule has 1 saturated carbocycles. The quantitative estimate of drug-likeness (QED) is 0.863. The summed E-state index contributed by atoms with van der Waals surface area (Å²) in [5, 5.41) is 7.06. The number of halogens is 2. The SMILES string of the molecule is Cc1ccc(Cl)c(NC(=O)C2CC3CCCCC3N2)c1.Cl. The Morgan fingerprint density at radius 1 is 1.33 bits per heavy atom. The van der Waals surface area contributed by atoms with Crippen molar-refractivity contribution in [3.05, 3.63) is 28.8 Å². The average molecular weight is 329 g/mol. The average Bonchev–Trinajstić information content (AvgIpc) is 2.87. The van der Waals surface area contributed by atoms with E-state index in [1.165, 1.54) is 25.7 Å². The van der Waals surface area contributed by atoms with Crippen LogP contribution in [0.15, 0.2) is 18.2 Å². The van der Waals surface area contributed by atoms with E-state index in [1.807, 2.05) is 25.1 Å². The molecule has 1 saturated heterocycles. The summed E-state index contributed by atoms with van der Waals surface area (Å²) in [6.07, 6.45) is 6.01. The fourth-order valence-electron chi connectivity index (χ4n) is 3.48. The minimum absolute atomic E-state index is 0. The molecule has 1 aromatic carbocycles. The van der Waals surface area contributed by atoms with Gasteiger partial charge in [-0.2, -0.15) is 0 Å². The van der Waals surface area contributed by atoms with E-state index in [9.17, 15) is 4.79 Å². The Labute approximate surface area is 137 Å². The van der Waals surface area contributed by atoms with Gasteiger partial charge in [-0.15, -0.1) is 12.4 Å². The third-order valence-electron chi connectivity index (χ3n) is 4.56. The molecule has 21 heavy (non-hydrogen) atoms. The third-order valence-corrected chi connectivity index (χ3v) is 4.89. The van der Waals surface area contributed by atoms with Gasteiger partial charge >= 0.3 is 0 Å². The van der Waals surface area contributed by atoms with Crippen LogP contribution >= 0.6 is 24.0 Å². The number of benzene rings is 1. The van der Waals surface area contributed by atoms with Gasteiger partial charge in [-0.3, -0.25) is 4.79 Å². The summed E-state index contributed by atoms with van der Waals surface area (Å²) in [6, 6.07) is 6.16. The highest BCUT2D eigenvalue weighted by Crippen LogP contribution is 2.33. The van der Waals surface area contributed by atoms with Gasteiger partial charge in [0.25, 0.3) is 0 Å². The largest absolute Gasteiger partial charge is 0.323 e. The molecule has 3 unspecified atom stereocenters. The predicted octanol–water partition coefficient (Wildman–Crippen LogP) is 3.93. The van der Waals surface area contributed by atoms with E-state index in [4.69, 9.17) is 11.6 Å². The fraction of sp³-hybridized carbons (Fsp3) is 0.562. The second kappa shape index (κ2) is 6.99. The van der Waals surface area contributed by atoms with Crippen molar-refractivity contribution in [3.63, 3.8) is 0 Å². The number of aryl methyl sites for hydroxylation is 1. The number of nitrogens with one attached hydrogen (secondary N) is 2. The van der Waals surface area contributed by atoms with Crippen LogP contribution in [-0.2, 0) is 4.79 Å². The lowest BCUT2D eigenvalue weighted by Gasteiger charge is -2.24. The molecule has 3 atom stereocenters. The number of anilines is 1. The smallest absolute Gasteiger partial charge is 0.241 e. The molecular weight excluding hydrogens is 307 g/mol. The van der Waals surface area contributed by atoms with E-state index in [2.05, 4.69) is 10.6 Å². The van der Waals surface area contributed by atoms with Crippen molar-refractivity contribution in [2.75, 3.05) is 5.32 Å². The molecule has 5 heteroatoms. The highest BCUT2D eigenvalue weighted by molar-refractivity contribution is 6.33. The van der Waals surface area contributed by atoms with E-state index < -0.39 is 0 Å². The molecule has 0 aromatic heterocycles. The Morgan fingerprint density at radius 3 is 2.86 bits per heavy atom. The Balaban J connectivity index is 0.00000161. The lowest BCUT2D eigenvalue weighted by Crippen LogP contribution is -2.39. The molecule has 1 aliphatic heterocycles. The van der Waals surface area contributed by atoms with E-state index in [1.54, 1.807) is 0 Å². The van der Waals surface area contributed by atoms with Gasteiger partial charge in [0.2, 0.25) is 5.91 Å². The summed E-state index contributed by atoms with van der Waals surface area (Å²) < 4.78 is 0. The number of fused-ring (bicyclic) bond motifs is 1. The highest BCUT2D eigenvalue weighted by atomic mass is 35.5. The topological polar surface area (TPSA) is 41.1 Å². The monoisotopic (exact) mass is 328 g/mol. The lowest BCUT2D eigenvalue weighted by atomic mass is 9.85. The number of carbonyl (C=O) groups excluding carboxylic acids is 1. The first-order chi connectivity index (χ1) is 9.63. The van der Waals surface area contributed by atoms with E-state index in [-0.39, 0.29) is 24.4 Å². The summed E-state index contributed by atoms with van der Waals surface area (Å²) in [5.41, 5.74) is 1.81. The zero-order chi connectivity index (χ0) is 14.1. The van der Waals surface area contributed by atoms with Crippen LogP contribution in [0.4, 0.5) is 5.69 Å². The number of carbonyl (C=O) groups is 1. The first kappa shape index (κ1) is 16.6. The molecule has 3 nitrogen and oxygen atoms in total. The van der Waals surface area contributed by atoms with Crippen molar-refractivity contribution >= 4 is 35.6 Å². The standard InChI is InChI=1S/C16H21ClN2O.ClH/c1-10-6-7-12(17)14(8-10)19-16(20)15-9-11-4-2-3-5-13(11)18-15;/h6-8,11,13,15,18H,2-5,9H2,1H3,(H,19,20);1H.